The number of aromatic amines is 1. The number of hydrogen-bond acceptors (Lipinski definition) is 9. The molecule has 3 amide bonds. The van der Waals surface area contributed by atoms with Crippen molar-refractivity contribution in [1.29, 1.82) is 0 Å². The number of nitrogens with one attached hydrogen (secondary N) is 2. The lowest BCUT2D eigenvalue weighted by atomic mass is 9.95. The number of aryl methyl sites for hydroxylation is 1. The number of carboxylic acid groups (broad SMARTS) is 1. The molecule has 0 saturated carbocycles. The van der Waals surface area contributed by atoms with E-state index in [1.54, 1.807) is 52.3 Å². The zero-order valence-electron chi connectivity index (χ0n) is 29.6. The number of carbonyl (C=O) groups excluding carboxylic acids is 3. The van der Waals surface area contributed by atoms with E-state index in [0.29, 0.717) is 60.4 Å². The molecule has 1 aromatic carbocycles. The van der Waals surface area contributed by atoms with E-state index in [1.165, 1.54) is 0 Å². The Hall–Kier alpha value is -5.49. The van der Waals surface area contributed by atoms with Crippen LogP contribution in [0.25, 0.3) is 17.1 Å². The molecule has 19 heteroatoms. The zero-order valence-corrected chi connectivity index (χ0v) is 30.3. The number of amides is 3. The molecular formula is C35H40ClF3N10O5. The first-order valence-corrected chi connectivity index (χ1v) is 17.5. The molecule has 15 nitrogen and oxygen atoms in total. The van der Waals surface area contributed by atoms with E-state index in [9.17, 15) is 27.6 Å². The summed E-state index contributed by atoms with van der Waals surface area (Å²) >= 11 is 6.56. The van der Waals surface area contributed by atoms with E-state index in [-0.39, 0.29) is 36.0 Å². The van der Waals surface area contributed by atoms with Gasteiger partial charge in [0.2, 0.25) is 5.91 Å². The Kier molecular flexibility index (Phi) is 12.6. The Morgan fingerprint density at radius 1 is 1.00 bits per heavy atom. The Morgan fingerprint density at radius 2 is 1.67 bits per heavy atom. The second kappa shape index (κ2) is 17.1. The molecule has 54 heavy (non-hydrogen) atoms. The molecule has 6 rings (SSSR count). The van der Waals surface area contributed by atoms with Crippen molar-refractivity contribution in [2.75, 3.05) is 52.0 Å². The standard InChI is InChI=1S/C33H39ClN10O3.C2HF3O2/c1-3-27-25(20-44(40-27)29-7-5-23(35)18-36-29)28-19-37-30(39-28)31(45)38-17-21-4-6-24(26(34)16-21)33(47)43-14-12-42(13-15-43)32(46)22-8-10-41(2)11-9-22;3-2(4,5)1(6)7/h4-7,16,18-20,22H,3,8-15,17,35H2,1-2H3,(H,37,39)(H,38,45);(H,6,7). The van der Waals surface area contributed by atoms with E-state index >= 15 is 0 Å². The van der Waals surface area contributed by atoms with Gasteiger partial charge in [0.05, 0.1) is 40.1 Å². The number of aliphatic carboxylic acids is 1. The molecule has 0 spiro atoms. The van der Waals surface area contributed by atoms with Gasteiger partial charge in [-0.05, 0) is 69.2 Å². The van der Waals surface area contributed by atoms with Crippen molar-refractivity contribution < 1.29 is 37.5 Å². The monoisotopic (exact) mass is 772 g/mol. The van der Waals surface area contributed by atoms with E-state index in [4.69, 9.17) is 27.2 Å². The number of piperazine rings is 1. The zero-order chi connectivity index (χ0) is 39.2. The van der Waals surface area contributed by atoms with Gasteiger partial charge in [0, 0.05) is 50.4 Å². The number of imidazole rings is 1. The highest BCUT2D eigenvalue weighted by atomic mass is 35.5. The van der Waals surface area contributed by atoms with Crippen molar-refractivity contribution in [2.24, 2.45) is 5.92 Å². The molecule has 288 valence electrons. The number of carbonyl (C=O) groups is 4. The predicted molar refractivity (Wildman–Crippen MR) is 192 cm³/mol. The number of likely N-dealkylation sites (tertiary alicyclic amines) is 1. The minimum absolute atomic E-state index is 0.0727. The van der Waals surface area contributed by atoms with Crippen LogP contribution in [0.1, 0.15) is 52.0 Å². The number of H-pyrrole nitrogens is 1. The maximum absolute atomic E-state index is 13.3. The number of benzene rings is 1. The van der Waals surface area contributed by atoms with Crippen molar-refractivity contribution >= 4 is 41.0 Å². The van der Waals surface area contributed by atoms with Gasteiger partial charge in [0.1, 0.15) is 0 Å². The summed E-state index contributed by atoms with van der Waals surface area (Å²) in [4.78, 5) is 65.7. The number of anilines is 1. The molecule has 2 saturated heterocycles. The highest BCUT2D eigenvalue weighted by Gasteiger charge is 2.38. The average Bonchev–Trinajstić information content (AvgIpc) is 3.82. The summed E-state index contributed by atoms with van der Waals surface area (Å²) in [5.41, 5.74) is 9.76. The normalized spacial score (nSPS) is 15.4. The number of nitrogens with zero attached hydrogens (tertiary/aromatic N) is 7. The Bertz CT molecular complexity index is 1970. The molecule has 0 unspecified atom stereocenters. The minimum Gasteiger partial charge on any atom is -0.475 e. The van der Waals surface area contributed by atoms with Gasteiger partial charge in [0.25, 0.3) is 11.8 Å². The number of alkyl halides is 3. The predicted octanol–water partition coefficient (Wildman–Crippen LogP) is 3.64. The second-order valence-corrected chi connectivity index (χ2v) is 13.3. The van der Waals surface area contributed by atoms with Crippen molar-refractivity contribution in [2.45, 2.75) is 38.9 Å². The van der Waals surface area contributed by atoms with Gasteiger partial charge < -0.3 is 35.8 Å². The molecule has 3 aromatic heterocycles. The number of rotatable bonds is 8. The fourth-order valence-electron chi connectivity index (χ4n) is 6.04. The van der Waals surface area contributed by atoms with E-state index in [0.717, 1.165) is 42.8 Å². The third kappa shape index (κ3) is 9.73. The molecule has 2 aliphatic heterocycles. The quantitative estimate of drug-likeness (QED) is 0.205. The smallest absolute Gasteiger partial charge is 0.475 e. The molecule has 0 radical (unpaired) electrons. The first-order valence-electron chi connectivity index (χ1n) is 17.1. The highest BCUT2D eigenvalue weighted by molar-refractivity contribution is 6.33. The average molecular weight is 773 g/mol. The summed E-state index contributed by atoms with van der Waals surface area (Å²) in [6.07, 6.45) is 2.38. The molecule has 2 aliphatic rings. The van der Waals surface area contributed by atoms with Gasteiger partial charge >= 0.3 is 12.1 Å². The van der Waals surface area contributed by atoms with Gasteiger partial charge in [0.15, 0.2) is 11.6 Å². The summed E-state index contributed by atoms with van der Waals surface area (Å²) in [5.74, 6) is -2.24. The van der Waals surface area contributed by atoms with Gasteiger partial charge in [-0.25, -0.2) is 19.4 Å². The second-order valence-electron chi connectivity index (χ2n) is 12.9. The number of nitrogen functional groups attached to an aromatic ring is 1. The number of carboxylic acids is 1. The van der Waals surface area contributed by atoms with Crippen LogP contribution in [0.2, 0.25) is 5.02 Å². The fraction of sp³-hybridized carbons (Fsp3) is 0.400. The third-order valence-corrected chi connectivity index (χ3v) is 9.43. The topological polar surface area (TPSA) is 196 Å². The Labute approximate surface area is 313 Å². The summed E-state index contributed by atoms with van der Waals surface area (Å²) in [5, 5.41) is 14.9. The van der Waals surface area contributed by atoms with Crippen LogP contribution in [0.3, 0.4) is 0 Å². The summed E-state index contributed by atoms with van der Waals surface area (Å²) < 4.78 is 33.4. The number of hydrogen-bond donors (Lipinski definition) is 4. The lowest BCUT2D eigenvalue weighted by Crippen LogP contribution is -2.52. The number of nitrogens with two attached hydrogens (primary N) is 1. The van der Waals surface area contributed by atoms with E-state index in [1.807, 2.05) is 18.0 Å². The Morgan fingerprint density at radius 3 is 2.26 bits per heavy atom. The van der Waals surface area contributed by atoms with Gasteiger partial charge in [-0.2, -0.15) is 18.3 Å². The van der Waals surface area contributed by atoms with Crippen molar-refractivity contribution in [3.8, 4) is 17.1 Å². The van der Waals surface area contributed by atoms with Crippen LogP contribution in [-0.4, -0.2) is 121 Å². The van der Waals surface area contributed by atoms with Crippen molar-refractivity contribution in [3.63, 3.8) is 0 Å². The number of halogens is 4. The van der Waals surface area contributed by atoms with Crippen molar-refractivity contribution in [3.05, 3.63) is 76.6 Å². The number of piperidine rings is 1. The molecule has 5 N–H and O–H groups in total. The SMILES string of the molecule is CCc1nn(-c2ccc(N)cn2)cc1-c1cnc(C(=O)NCc2ccc(C(=O)N3CCN(C(=O)C4CCN(C)CC4)CC3)c(Cl)c2)[nH]1.O=C(O)C(F)(F)F. The molecule has 0 atom stereocenters. The van der Waals surface area contributed by atoms with Gasteiger partial charge in [-0.1, -0.05) is 24.6 Å². The van der Waals surface area contributed by atoms with Crippen LogP contribution in [0.4, 0.5) is 18.9 Å². The van der Waals surface area contributed by atoms with Crippen LogP contribution in [0.15, 0.2) is 48.9 Å². The molecule has 5 heterocycles. The summed E-state index contributed by atoms with van der Waals surface area (Å²) in [6.45, 7) is 6.06. The summed E-state index contributed by atoms with van der Waals surface area (Å²) in [6, 6.07) is 8.70. The molecule has 4 aromatic rings. The molecule has 0 bridgehead atoms. The highest BCUT2D eigenvalue weighted by Crippen LogP contribution is 2.25. The molecule has 2 fully saturated rings. The Balaban J connectivity index is 0.000000730. The van der Waals surface area contributed by atoms with Crippen molar-refractivity contribution in [1.82, 2.24) is 44.7 Å². The third-order valence-electron chi connectivity index (χ3n) is 9.12. The lowest BCUT2D eigenvalue weighted by Gasteiger charge is -2.38. The van der Waals surface area contributed by atoms with Crippen LogP contribution in [0.5, 0.6) is 0 Å². The van der Waals surface area contributed by atoms with Crippen LogP contribution < -0.4 is 11.1 Å². The number of pyridine rings is 1. The van der Waals surface area contributed by atoms with Crippen LogP contribution >= 0.6 is 11.6 Å². The van der Waals surface area contributed by atoms with E-state index < -0.39 is 12.1 Å². The molecular weight excluding hydrogens is 733 g/mol. The lowest BCUT2D eigenvalue weighted by molar-refractivity contribution is -0.192. The van der Waals surface area contributed by atoms with Gasteiger partial charge in [-0.3, -0.25) is 14.4 Å². The summed E-state index contributed by atoms with van der Waals surface area (Å²) in [7, 11) is 2.08. The van der Waals surface area contributed by atoms with Gasteiger partial charge in [-0.15, -0.1) is 0 Å². The first-order chi connectivity index (χ1) is 25.6. The van der Waals surface area contributed by atoms with E-state index in [2.05, 4.69) is 37.3 Å². The minimum atomic E-state index is -5.08. The maximum atomic E-state index is 13.3. The maximum Gasteiger partial charge on any atom is 0.490 e. The first kappa shape index (κ1) is 39.7. The number of aromatic nitrogens is 5. The largest absolute Gasteiger partial charge is 0.490 e. The van der Waals surface area contributed by atoms with Crippen LogP contribution in [-0.2, 0) is 22.6 Å². The molecule has 0 aliphatic carbocycles. The van der Waals surface area contributed by atoms with Crippen LogP contribution in [0, 0.1) is 5.92 Å². The fourth-order valence-corrected chi connectivity index (χ4v) is 6.33.